The van der Waals surface area contributed by atoms with Crippen LogP contribution in [-0.4, -0.2) is 81.6 Å². The van der Waals surface area contributed by atoms with Gasteiger partial charge in [0.15, 0.2) is 0 Å². The summed E-state index contributed by atoms with van der Waals surface area (Å²) in [7, 11) is 4.27. The average molecular weight is 492 g/mol. The summed E-state index contributed by atoms with van der Waals surface area (Å²) in [6, 6.07) is 14.0. The van der Waals surface area contributed by atoms with Gasteiger partial charge in [-0.3, -0.25) is 14.7 Å². The van der Waals surface area contributed by atoms with Gasteiger partial charge in [0, 0.05) is 18.3 Å². The zero-order chi connectivity index (χ0) is 25.4. The van der Waals surface area contributed by atoms with E-state index in [1.807, 2.05) is 11.0 Å². The van der Waals surface area contributed by atoms with Crippen LogP contribution in [0.15, 0.2) is 54.9 Å². The van der Waals surface area contributed by atoms with E-state index < -0.39 is 5.60 Å². The monoisotopic (exact) mass is 491 g/mol. The van der Waals surface area contributed by atoms with Gasteiger partial charge in [0.2, 0.25) is 5.91 Å². The van der Waals surface area contributed by atoms with Gasteiger partial charge in [-0.25, -0.2) is 4.79 Å². The van der Waals surface area contributed by atoms with Gasteiger partial charge in [-0.15, -0.1) is 0 Å². The maximum absolute atomic E-state index is 13.7. The first kappa shape index (κ1) is 24.7. The number of amides is 3. The van der Waals surface area contributed by atoms with E-state index in [0.29, 0.717) is 18.8 Å². The summed E-state index contributed by atoms with van der Waals surface area (Å²) in [5.74, 6) is -0.238. The Morgan fingerprint density at radius 1 is 1.06 bits per heavy atom. The highest BCUT2D eigenvalue weighted by Gasteiger charge is 2.56. The molecule has 1 spiro atoms. The summed E-state index contributed by atoms with van der Waals surface area (Å²) in [5.41, 5.74) is 0.615. The number of β-amino-alcohol motifs (C(OH)–C–C–N with tert-alkyl or cyclic N) is 1. The molecule has 2 heterocycles. The fourth-order valence-electron chi connectivity index (χ4n) is 6.39. The molecule has 0 atom stereocenters. The molecule has 36 heavy (non-hydrogen) atoms. The van der Waals surface area contributed by atoms with Crippen LogP contribution in [0, 0.1) is 0 Å². The molecule has 0 radical (unpaired) electrons. The van der Waals surface area contributed by atoms with Crippen molar-refractivity contribution < 1.29 is 14.7 Å². The van der Waals surface area contributed by atoms with Crippen molar-refractivity contribution >= 4 is 17.6 Å². The lowest BCUT2D eigenvalue weighted by Crippen LogP contribution is -2.59. The number of pyridine rings is 1. The van der Waals surface area contributed by atoms with Crippen molar-refractivity contribution in [3.8, 4) is 0 Å². The summed E-state index contributed by atoms with van der Waals surface area (Å²) >= 11 is 0. The van der Waals surface area contributed by atoms with Crippen molar-refractivity contribution in [3.63, 3.8) is 0 Å². The van der Waals surface area contributed by atoms with Crippen LogP contribution in [0.5, 0.6) is 0 Å². The molecule has 8 nitrogen and oxygen atoms in total. The van der Waals surface area contributed by atoms with E-state index in [1.54, 1.807) is 29.4 Å². The first-order valence-electron chi connectivity index (χ1n) is 13.0. The van der Waals surface area contributed by atoms with Crippen molar-refractivity contribution in [1.82, 2.24) is 19.7 Å². The molecular weight excluding hydrogens is 454 g/mol. The summed E-state index contributed by atoms with van der Waals surface area (Å²) in [4.78, 5) is 36.4. The fraction of sp³-hybridized carbons (Fsp3) is 0.536. The van der Waals surface area contributed by atoms with Gasteiger partial charge in [-0.1, -0.05) is 30.3 Å². The maximum atomic E-state index is 13.7. The van der Waals surface area contributed by atoms with E-state index in [2.05, 4.69) is 53.6 Å². The summed E-state index contributed by atoms with van der Waals surface area (Å²) in [6.07, 6.45) is 9.13. The zero-order valence-electron chi connectivity index (χ0n) is 21.3. The predicted octanol–water partition coefficient (Wildman–Crippen LogP) is 3.44. The van der Waals surface area contributed by atoms with Crippen molar-refractivity contribution in [3.05, 3.63) is 60.4 Å². The molecule has 3 aliphatic rings. The first-order chi connectivity index (χ1) is 17.3. The van der Waals surface area contributed by atoms with Crippen molar-refractivity contribution in [2.45, 2.75) is 61.6 Å². The molecule has 3 fully saturated rings. The molecule has 5 rings (SSSR count). The number of hydrogen-bond donors (Lipinski definition) is 2. The normalized spacial score (nSPS) is 27.4. The minimum atomic E-state index is -0.813. The lowest BCUT2D eigenvalue weighted by atomic mass is 9.67. The molecule has 1 aromatic heterocycles. The second kappa shape index (κ2) is 9.48. The topological polar surface area (TPSA) is 89.0 Å². The van der Waals surface area contributed by atoms with Crippen LogP contribution in [0.25, 0.3) is 0 Å². The third kappa shape index (κ3) is 4.48. The number of rotatable bonds is 7. The van der Waals surface area contributed by atoms with Crippen LogP contribution < -0.4 is 5.32 Å². The lowest BCUT2D eigenvalue weighted by Gasteiger charge is -2.52. The molecule has 0 bridgehead atoms. The van der Waals surface area contributed by atoms with E-state index in [-0.39, 0.29) is 29.6 Å². The van der Waals surface area contributed by atoms with Gasteiger partial charge < -0.3 is 20.2 Å². The summed E-state index contributed by atoms with van der Waals surface area (Å²) in [6.45, 7) is 0.829. The standard InChI is InChI=1S/C28H37N5O3/c1-31(2)28(22-8-4-3-5-9-22)15-13-26(14-16-28)20-32(19-24(34)30-23-10-6-17-29-18-23)25(35)33(26)21-27(36)11-7-12-27/h3-6,8-10,17-18,36H,7,11-16,19-21H2,1-2H3,(H,30,34). The van der Waals surface area contributed by atoms with E-state index in [9.17, 15) is 14.7 Å². The number of urea groups is 1. The number of carbonyl (C=O) groups excluding carboxylic acids is 2. The highest BCUT2D eigenvalue weighted by atomic mass is 16.3. The molecule has 1 saturated heterocycles. The molecule has 2 saturated carbocycles. The fourth-order valence-corrected chi connectivity index (χ4v) is 6.39. The minimum absolute atomic E-state index is 0.0120. The Bertz CT molecular complexity index is 1080. The van der Waals surface area contributed by atoms with Gasteiger partial charge >= 0.3 is 6.03 Å². The number of nitrogens with zero attached hydrogens (tertiary/aromatic N) is 4. The van der Waals surface area contributed by atoms with Crippen LogP contribution in [0.4, 0.5) is 10.5 Å². The Morgan fingerprint density at radius 2 is 1.78 bits per heavy atom. The summed E-state index contributed by atoms with van der Waals surface area (Å²) < 4.78 is 0. The minimum Gasteiger partial charge on any atom is -0.388 e. The average Bonchev–Trinajstić information content (AvgIpc) is 3.09. The van der Waals surface area contributed by atoms with Gasteiger partial charge in [-0.2, -0.15) is 0 Å². The molecule has 3 amide bonds. The Morgan fingerprint density at radius 3 is 2.36 bits per heavy atom. The smallest absolute Gasteiger partial charge is 0.321 e. The SMILES string of the molecule is CN(C)C1(c2ccccc2)CCC2(CC1)CN(CC(=O)Nc1cccnc1)C(=O)N2CC1(O)CCC1. The third-order valence-electron chi connectivity index (χ3n) is 8.75. The number of benzene rings is 1. The number of carbonyl (C=O) groups is 2. The maximum Gasteiger partial charge on any atom is 0.321 e. The van der Waals surface area contributed by atoms with Gasteiger partial charge in [-0.05, 0) is 76.7 Å². The molecule has 8 heteroatoms. The van der Waals surface area contributed by atoms with E-state index in [1.165, 1.54) is 5.56 Å². The number of anilines is 1. The molecule has 2 aromatic rings. The number of hydrogen-bond acceptors (Lipinski definition) is 5. The van der Waals surface area contributed by atoms with Crippen LogP contribution in [0.2, 0.25) is 0 Å². The molecule has 1 aliphatic heterocycles. The van der Waals surface area contributed by atoms with Gasteiger partial charge in [0.1, 0.15) is 6.54 Å². The zero-order valence-corrected chi connectivity index (χ0v) is 21.3. The second-order valence-electron chi connectivity index (χ2n) is 11.1. The number of aromatic nitrogens is 1. The van der Waals surface area contributed by atoms with Crippen LogP contribution in [0.3, 0.4) is 0 Å². The molecule has 0 unspecified atom stereocenters. The lowest BCUT2D eigenvalue weighted by molar-refractivity contribution is -0.116. The third-order valence-corrected chi connectivity index (χ3v) is 8.75. The Balaban J connectivity index is 1.37. The quantitative estimate of drug-likeness (QED) is 0.619. The van der Waals surface area contributed by atoms with Crippen LogP contribution in [0.1, 0.15) is 50.5 Å². The number of aliphatic hydroxyl groups is 1. The number of nitrogens with one attached hydrogen (secondary N) is 1. The van der Waals surface area contributed by atoms with E-state index in [4.69, 9.17) is 0 Å². The Hall–Kier alpha value is -2.97. The Labute approximate surface area is 213 Å². The van der Waals surface area contributed by atoms with Crippen molar-refractivity contribution in [2.75, 3.05) is 39.0 Å². The first-order valence-corrected chi connectivity index (χ1v) is 13.0. The Kier molecular flexibility index (Phi) is 6.51. The summed E-state index contributed by atoms with van der Waals surface area (Å²) in [5, 5.41) is 13.9. The largest absolute Gasteiger partial charge is 0.388 e. The van der Waals surface area contributed by atoms with Crippen LogP contribution in [-0.2, 0) is 10.3 Å². The molecule has 2 aliphatic carbocycles. The molecule has 192 valence electrons. The molecule has 2 N–H and O–H groups in total. The highest BCUT2D eigenvalue weighted by molar-refractivity contribution is 5.94. The predicted molar refractivity (Wildman–Crippen MR) is 138 cm³/mol. The second-order valence-corrected chi connectivity index (χ2v) is 11.1. The van der Waals surface area contributed by atoms with Crippen LogP contribution >= 0.6 is 0 Å². The van der Waals surface area contributed by atoms with Gasteiger partial charge in [0.25, 0.3) is 0 Å². The van der Waals surface area contributed by atoms with Crippen molar-refractivity contribution in [1.29, 1.82) is 0 Å². The molecule has 1 aromatic carbocycles. The van der Waals surface area contributed by atoms with E-state index >= 15 is 0 Å². The van der Waals surface area contributed by atoms with Gasteiger partial charge in [0.05, 0.1) is 29.6 Å². The van der Waals surface area contributed by atoms with E-state index in [0.717, 1.165) is 44.9 Å². The highest BCUT2D eigenvalue weighted by Crippen LogP contribution is 2.50. The molecular formula is C28H37N5O3. The van der Waals surface area contributed by atoms with Crippen molar-refractivity contribution in [2.24, 2.45) is 0 Å².